The van der Waals surface area contributed by atoms with Crippen LogP contribution < -0.4 is 15.4 Å². The van der Waals surface area contributed by atoms with Crippen LogP contribution in [0.25, 0.3) is 0 Å². The van der Waals surface area contributed by atoms with Gasteiger partial charge in [0.25, 0.3) is 0 Å². The minimum atomic E-state index is -0.298. The van der Waals surface area contributed by atoms with Gasteiger partial charge < -0.3 is 20.1 Å². The van der Waals surface area contributed by atoms with Crippen LogP contribution in [0.15, 0.2) is 47.6 Å². The van der Waals surface area contributed by atoms with Crippen LogP contribution in [-0.2, 0) is 11.3 Å². The lowest BCUT2D eigenvalue weighted by molar-refractivity contribution is 0.143. The van der Waals surface area contributed by atoms with E-state index in [1.54, 1.807) is 31.4 Å². The molecule has 6 nitrogen and oxygen atoms in total. The molecular formula is C20H27FN4O2. The number of rotatable bonds is 10. The number of guanidine groups is 1. The zero-order valence-electron chi connectivity index (χ0n) is 15.9. The number of pyridine rings is 1. The number of halogens is 1. The van der Waals surface area contributed by atoms with Gasteiger partial charge >= 0.3 is 0 Å². The van der Waals surface area contributed by atoms with Crippen molar-refractivity contribution < 1.29 is 13.9 Å². The molecule has 0 fully saturated rings. The maximum Gasteiger partial charge on any atom is 0.219 e. The Morgan fingerprint density at radius 2 is 1.93 bits per heavy atom. The first-order valence-electron chi connectivity index (χ1n) is 9.12. The van der Waals surface area contributed by atoms with E-state index in [0.717, 1.165) is 44.1 Å². The van der Waals surface area contributed by atoms with Crippen molar-refractivity contribution in [3.05, 3.63) is 54.0 Å². The highest BCUT2D eigenvalue weighted by Gasteiger charge is 2.02. The Morgan fingerprint density at radius 3 is 2.59 bits per heavy atom. The van der Waals surface area contributed by atoms with Gasteiger partial charge in [-0.15, -0.1) is 0 Å². The Bertz CT molecular complexity index is 690. The SMILES string of the molecule is CCOCCCCNC(=NC)NCc1ccc(Oc2ccc(F)cc2)nc1. The molecule has 7 heteroatoms. The van der Waals surface area contributed by atoms with Crippen molar-refractivity contribution in [2.75, 3.05) is 26.8 Å². The van der Waals surface area contributed by atoms with Crippen molar-refractivity contribution >= 4 is 5.96 Å². The van der Waals surface area contributed by atoms with Crippen LogP contribution in [0.1, 0.15) is 25.3 Å². The minimum Gasteiger partial charge on any atom is -0.439 e. The maximum absolute atomic E-state index is 12.9. The summed E-state index contributed by atoms with van der Waals surface area (Å²) in [6.07, 6.45) is 3.79. The molecule has 0 atom stereocenters. The number of benzene rings is 1. The number of unbranched alkanes of at least 4 members (excludes halogenated alkanes) is 1. The lowest BCUT2D eigenvalue weighted by atomic mass is 10.3. The van der Waals surface area contributed by atoms with Crippen molar-refractivity contribution in [1.82, 2.24) is 15.6 Å². The molecule has 0 saturated carbocycles. The third kappa shape index (κ3) is 8.04. The van der Waals surface area contributed by atoms with Gasteiger partial charge in [0.2, 0.25) is 5.88 Å². The summed E-state index contributed by atoms with van der Waals surface area (Å²) >= 11 is 0. The van der Waals surface area contributed by atoms with E-state index < -0.39 is 0 Å². The number of aliphatic imine (C=N–C) groups is 1. The van der Waals surface area contributed by atoms with Crippen LogP contribution in [0.5, 0.6) is 11.6 Å². The molecule has 0 saturated heterocycles. The molecule has 2 aromatic rings. The van der Waals surface area contributed by atoms with E-state index in [1.165, 1.54) is 12.1 Å². The summed E-state index contributed by atoms with van der Waals surface area (Å²) in [6.45, 7) is 5.00. The summed E-state index contributed by atoms with van der Waals surface area (Å²) in [4.78, 5) is 8.48. The smallest absolute Gasteiger partial charge is 0.219 e. The zero-order valence-corrected chi connectivity index (χ0v) is 15.9. The summed E-state index contributed by atoms with van der Waals surface area (Å²) in [6, 6.07) is 9.54. The number of hydrogen-bond acceptors (Lipinski definition) is 4. The molecule has 1 heterocycles. The van der Waals surface area contributed by atoms with Crippen LogP contribution in [0.4, 0.5) is 4.39 Å². The van der Waals surface area contributed by atoms with Crippen molar-refractivity contribution in [1.29, 1.82) is 0 Å². The molecule has 0 amide bonds. The Balaban J connectivity index is 1.72. The second kappa shape index (κ2) is 11.9. The summed E-state index contributed by atoms with van der Waals surface area (Å²) in [5.74, 6) is 1.46. The second-order valence-electron chi connectivity index (χ2n) is 5.82. The predicted molar refractivity (Wildman–Crippen MR) is 105 cm³/mol. The van der Waals surface area contributed by atoms with Gasteiger partial charge in [-0.2, -0.15) is 0 Å². The highest BCUT2D eigenvalue weighted by Crippen LogP contribution is 2.19. The largest absolute Gasteiger partial charge is 0.439 e. The summed E-state index contributed by atoms with van der Waals surface area (Å²) in [7, 11) is 1.74. The van der Waals surface area contributed by atoms with Gasteiger partial charge in [-0.25, -0.2) is 9.37 Å². The predicted octanol–water partition coefficient (Wildman–Crippen LogP) is 3.49. The topological polar surface area (TPSA) is 67.8 Å². The van der Waals surface area contributed by atoms with Crippen molar-refractivity contribution in [2.45, 2.75) is 26.3 Å². The minimum absolute atomic E-state index is 0.298. The Labute approximate surface area is 159 Å². The first kappa shape index (κ1) is 20.6. The van der Waals surface area contributed by atoms with Crippen LogP contribution >= 0.6 is 0 Å². The molecule has 0 radical (unpaired) electrons. The highest BCUT2D eigenvalue weighted by atomic mass is 19.1. The molecule has 0 bridgehead atoms. The molecule has 1 aromatic carbocycles. The van der Waals surface area contributed by atoms with Crippen molar-refractivity contribution in [2.24, 2.45) is 4.99 Å². The Kier molecular flexibility index (Phi) is 9.06. The number of ether oxygens (including phenoxy) is 2. The third-order valence-corrected chi connectivity index (χ3v) is 3.73. The van der Waals surface area contributed by atoms with Gasteiger partial charge in [0.05, 0.1) is 0 Å². The standard InChI is InChI=1S/C20H27FN4O2/c1-3-26-13-5-4-12-23-20(22-2)25-15-16-6-11-19(24-14-16)27-18-9-7-17(21)8-10-18/h6-11,14H,3-5,12-13,15H2,1-2H3,(H2,22,23,25). The van der Waals surface area contributed by atoms with Crippen LogP contribution in [-0.4, -0.2) is 37.7 Å². The fourth-order valence-corrected chi connectivity index (χ4v) is 2.29. The third-order valence-electron chi connectivity index (χ3n) is 3.73. The molecule has 2 rings (SSSR count). The normalized spacial score (nSPS) is 11.3. The Morgan fingerprint density at radius 1 is 1.11 bits per heavy atom. The fraction of sp³-hybridized carbons (Fsp3) is 0.400. The first-order valence-corrected chi connectivity index (χ1v) is 9.12. The summed E-state index contributed by atoms with van der Waals surface area (Å²) in [5.41, 5.74) is 1.00. The van der Waals surface area contributed by atoms with E-state index in [4.69, 9.17) is 9.47 Å². The van der Waals surface area contributed by atoms with Crippen LogP contribution in [0, 0.1) is 5.82 Å². The van der Waals surface area contributed by atoms with E-state index >= 15 is 0 Å². The molecular weight excluding hydrogens is 347 g/mol. The van der Waals surface area contributed by atoms with Gasteiger partial charge in [-0.05, 0) is 49.6 Å². The average Bonchev–Trinajstić information content (AvgIpc) is 2.70. The zero-order chi connectivity index (χ0) is 19.3. The number of nitrogens with one attached hydrogen (secondary N) is 2. The van der Waals surface area contributed by atoms with Gasteiger partial charge in [0, 0.05) is 45.6 Å². The maximum atomic E-state index is 12.9. The quantitative estimate of drug-likeness (QED) is 0.379. The van der Waals surface area contributed by atoms with Gasteiger partial charge in [-0.1, -0.05) is 6.07 Å². The molecule has 27 heavy (non-hydrogen) atoms. The van der Waals surface area contributed by atoms with Crippen LogP contribution in [0.2, 0.25) is 0 Å². The van der Waals surface area contributed by atoms with Gasteiger partial charge in [0.15, 0.2) is 5.96 Å². The van der Waals surface area contributed by atoms with E-state index in [1.807, 2.05) is 13.0 Å². The van der Waals surface area contributed by atoms with Crippen LogP contribution in [0.3, 0.4) is 0 Å². The number of aromatic nitrogens is 1. The molecule has 0 unspecified atom stereocenters. The fourth-order valence-electron chi connectivity index (χ4n) is 2.29. The molecule has 0 spiro atoms. The second-order valence-corrected chi connectivity index (χ2v) is 5.82. The molecule has 2 N–H and O–H groups in total. The van der Waals surface area contributed by atoms with Crippen molar-refractivity contribution in [3.8, 4) is 11.6 Å². The van der Waals surface area contributed by atoms with E-state index in [9.17, 15) is 4.39 Å². The Hall–Kier alpha value is -2.67. The van der Waals surface area contributed by atoms with Crippen molar-refractivity contribution in [3.63, 3.8) is 0 Å². The summed E-state index contributed by atoms with van der Waals surface area (Å²) < 4.78 is 23.8. The first-order chi connectivity index (χ1) is 13.2. The monoisotopic (exact) mass is 374 g/mol. The van der Waals surface area contributed by atoms with E-state index in [-0.39, 0.29) is 5.82 Å². The van der Waals surface area contributed by atoms with E-state index in [0.29, 0.717) is 18.2 Å². The summed E-state index contributed by atoms with van der Waals surface area (Å²) in [5, 5.41) is 6.52. The van der Waals surface area contributed by atoms with Gasteiger partial charge in [-0.3, -0.25) is 4.99 Å². The average molecular weight is 374 g/mol. The lowest BCUT2D eigenvalue weighted by Gasteiger charge is -2.12. The van der Waals surface area contributed by atoms with Gasteiger partial charge in [0.1, 0.15) is 11.6 Å². The molecule has 0 aliphatic heterocycles. The molecule has 0 aliphatic rings. The highest BCUT2D eigenvalue weighted by molar-refractivity contribution is 5.79. The number of hydrogen-bond donors (Lipinski definition) is 2. The lowest BCUT2D eigenvalue weighted by Crippen LogP contribution is -2.37. The number of nitrogens with zero attached hydrogens (tertiary/aromatic N) is 2. The molecule has 1 aromatic heterocycles. The molecule has 0 aliphatic carbocycles. The van der Waals surface area contributed by atoms with E-state index in [2.05, 4.69) is 20.6 Å². The molecule has 146 valence electrons.